The Morgan fingerprint density at radius 1 is 1.33 bits per heavy atom. The van der Waals surface area contributed by atoms with Gasteiger partial charge in [0.15, 0.2) is 0 Å². The van der Waals surface area contributed by atoms with E-state index in [0.29, 0.717) is 5.92 Å². The zero-order valence-electron chi connectivity index (χ0n) is 9.26. The van der Waals surface area contributed by atoms with E-state index < -0.39 is 0 Å². The zero-order valence-corrected chi connectivity index (χ0v) is 10.8. The lowest BCUT2D eigenvalue weighted by molar-refractivity contribution is 0.405. The van der Waals surface area contributed by atoms with Crippen LogP contribution in [-0.2, 0) is 6.42 Å². The van der Waals surface area contributed by atoms with Crippen LogP contribution in [-0.4, -0.2) is 12.5 Å². The predicted octanol–water partition coefficient (Wildman–Crippen LogP) is 4.15. The zero-order chi connectivity index (χ0) is 11.4. The molecule has 84 valence electrons. The molecule has 0 fully saturated rings. The summed E-state index contributed by atoms with van der Waals surface area (Å²) in [7, 11) is 1.67. The fraction of sp³-hybridized carbons (Fsp3) is 0.500. The highest BCUT2D eigenvalue weighted by Crippen LogP contribution is 2.26. The van der Waals surface area contributed by atoms with Crippen LogP contribution in [0, 0.1) is 5.92 Å². The normalized spacial score (nSPS) is 14.7. The van der Waals surface area contributed by atoms with Crippen molar-refractivity contribution in [1.82, 2.24) is 0 Å². The third-order valence-electron chi connectivity index (χ3n) is 2.57. The van der Waals surface area contributed by atoms with Crippen molar-refractivity contribution < 1.29 is 4.74 Å². The van der Waals surface area contributed by atoms with Crippen LogP contribution in [0.25, 0.3) is 0 Å². The molecule has 0 radical (unpaired) electrons. The van der Waals surface area contributed by atoms with Gasteiger partial charge in [-0.3, -0.25) is 0 Å². The summed E-state index contributed by atoms with van der Waals surface area (Å²) in [5.74, 6) is 1.28. The fourth-order valence-electron chi connectivity index (χ4n) is 1.42. The summed E-state index contributed by atoms with van der Waals surface area (Å²) in [6.45, 7) is 4.13. The second kappa shape index (κ2) is 5.62. The minimum atomic E-state index is 0.147. The molecule has 0 aliphatic heterocycles. The molecule has 0 aromatic heterocycles. The molecule has 0 aliphatic rings. The van der Waals surface area contributed by atoms with Gasteiger partial charge in [0.1, 0.15) is 5.75 Å². The van der Waals surface area contributed by atoms with E-state index in [4.69, 9.17) is 27.9 Å². The Morgan fingerprint density at radius 3 is 2.53 bits per heavy atom. The molecule has 1 aromatic rings. The Morgan fingerprint density at radius 2 is 2.00 bits per heavy atom. The van der Waals surface area contributed by atoms with E-state index in [1.54, 1.807) is 7.11 Å². The highest BCUT2D eigenvalue weighted by molar-refractivity contribution is 6.30. The smallest absolute Gasteiger partial charge is 0.122 e. The topological polar surface area (TPSA) is 9.23 Å². The van der Waals surface area contributed by atoms with Gasteiger partial charge in [-0.25, -0.2) is 0 Å². The largest absolute Gasteiger partial charge is 0.496 e. The maximum Gasteiger partial charge on any atom is 0.122 e. The van der Waals surface area contributed by atoms with Crippen LogP contribution in [0.5, 0.6) is 5.75 Å². The molecule has 0 saturated heterocycles. The molecule has 1 rings (SSSR count). The van der Waals surface area contributed by atoms with E-state index in [2.05, 4.69) is 6.92 Å². The minimum absolute atomic E-state index is 0.147. The summed E-state index contributed by atoms with van der Waals surface area (Å²) in [6.07, 6.45) is 0.883. The fourth-order valence-corrected chi connectivity index (χ4v) is 1.70. The van der Waals surface area contributed by atoms with Crippen LogP contribution in [0.1, 0.15) is 19.4 Å². The van der Waals surface area contributed by atoms with Crippen molar-refractivity contribution in [3.8, 4) is 5.75 Å². The third kappa shape index (κ3) is 3.58. The number of benzene rings is 1. The Balaban J connectivity index is 2.87. The molecule has 0 saturated carbocycles. The second-order valence-corrected chi connectivity index (χ2v) is 4.94. The SMILES string of the molecule is COc1ccc(Cl)cc1CC(C)C(C)Cl. The number of ether oxygens (including phenoxy) is 1. The van der Waals surface area contributed by atoms with E-state index in [9.17, 15) is 0 Å². The lowest BCUT2D eigenvalue weighted by atomic mass is 9.98. The van der Waals surface area contributed by atoms with Gasteiger partial charge in [0.2, 0.25) is 0 Å². The van der Waals surface area contributed by atoms with Gasteiger partial charge in [-0.15, -0.1) is 11.6 Å². The summed E-state index contributed by atoms with van der Waals surface area (Å²) < 4.78 is 5.28. The summed E-state index contributed by atoms with van der Waals surface area (Å²) in [5, 5.41) is 0.883. The summed E-state index contributed by atoms with van der Waals surface area (Å²) in [4.78, 5) is 0. The van der Waals surface area contributed by atoms with Crippen LogP contribution in [0.2, 0.25) is 5.02 Å². The molecule has 1 nitrogen and oxygen atoms in total. The molecule has 0 amide bonds. The molecule has 0 spiro atoms. The molecule has 1 aromatic carbocycles. The maximum atomic E-state index is 6.04. The monoisotopic (exact) mass is 246 g/mol. The van der Waals surface area contributed by atoms with E-state index in [-0.39, 0.29) is 5.38 Å². The third-order valence-corrected chi connectivity index (χ3v) is 3.23. The van der Waals surface area contributed by atoms with Crippen molar-refractivity contribution in [2.75, 3.05) is 7.11 Å². The van der Waals surface area contributed by atoms with Gasteiger partial charge in [0, 0.05) is 10.4 Å². The number of alkyl halides is 1. The van der Waals surface area contributed by atoms with Crippen LogP contribution in [0.4, 0.5) is 0 Å². The molecular formula is C12H16Cl2O. The van der Waals surface area contributed by atoms with Crippen LogP contribution in [0.15, 0.2) is 18.2 Å². The Labute approximate surface area is 101 Å². The van der Waals surface area contributed by atoms with Gasteiger partial charge in [-0.2, -0.15) is 0 Å². The number of rotatable bonds is 4. The number of methoxy groups -OCH3 is 1. The maximum absolute atomic E-state index is 6.04. The van der Waals surface area contributed by atoms with Crippen LogP contribution >= 0.6 is 23.2 Å². The number of halogens is 2. The van der Waals surface area contributed by atoms with Crippen molar-refractivity contribution >= 4 is 23.2 Å². The standard InChI is InChI=1S/C12H16Cl2O/c1-8(9(2)13)6-10-7-11(14)4-5-12(10)15-3/h4-5,7-9H,6H2,1-3H3. The molecule has 15 heavy (non-hydrogen) atoms. The van der Waals surface area contributed by atoms with E-state index in [1.165, 1.54) is 0 Å². The first-order valence-corrected chi connectivity index (χ1v) is 5.82. The first-order chi connectivity index (χ1) is 7.04. The van der Waals surface area contributed by atoms with Crippen molar-refractivity contribution in [3.05, 3.63) is 28.8 Å². The summed E-state index contributed by atoms with van der Waals surface area (Å²) >= 11 is 12.0. The first-order valence-electron chi connectivity index (χ1n) is 5.01. The number of hydrogen-bond acceptors (Lipinski definition) is 1. The van der Waals surface area contributed by atoms with E-state index >= 15 is 0 Å². The highest BCUT2D eigenvalue weighted by atomic mass is 35.5. The quantitative estimate of drug-likeness (QED) is 0.726. The Kier molecular flexibility index (Phi) is 4.75. The average Bonchev–Trinajstić information content (AvgIpc) is 2.18. The molecule has 2 unspecified atom stereocenters. The molecule has 0 N–H and O–H groups in total. The van der Waals surface area contributed by atoms with Crippen molar-refractivity contribution in [2.45, 2.75) is 25.6 Å². The van der Waals surface area contributed by atoms with Crippen molar-refractivity contribution in [1.29, 1.82) is 0 Å². The lowest BCUT2D eigenvalue weighted by Crippen LogP contribution is -2.10. The van der Waals surface area contributed by atoms with Crippen LogP contribution < -0.4 is 4.74 Å². The summed E-state index contributed by atoms with van der Waals surface area (Å²) in [6, 6.07) is 5.66. The molecular weight excluding hydrogens is 231 g/mol. The van der Waals surface area contributed by atoms with E-state index in [0.717, 1.165) is 22.8 Å². The van der Waals surface area contributed by atoms with Crippen LogP contribution in [0.3, 0.4) is 0 Å². The molecule has 3 heteroatoms. The molecule has 0 bridgehead atoms. The lowest BCUT2D eigenvalue weighted by Gasteiger charge is -2.16. The minimum Gasteiger partial charge on any atom is -0.496 e. The van der Waals surface area contributed by atoms with Gasteiger partial charge in [-0.1, -0.05) is 18.5 Å². The average molecular weight is 247 g/mol. The van der Waals surface area contributed by atoms with Gasteiger partial charge >= 0.3 is 0 Å². The van der Waals surface area contributed by atoms with Gasteiger partial charge in [-0.05, 0) is 43.0 Å². The van der Waals surface area contributed by atoms with Crippen molar-refractivity contribution in [3.63, 3.8) is 0 Å². The number of hydrogen-bond donors (Lipinski definition) is 0. The molecule has 0 aliphatic carbocycles. The van der Waals surface area contributed by atoms with Crippen molar-refractivity contribution in [2.24, 2.45) is 5.92 Å². The first kappa shape index (κ1) is 12.7. The Bertz CT molecular complexity index is 323. The molecule has 0 heterocycles. The van der Waals surface area contributed by atoms with E-state index in [1.807, 2.05) is 25.1 Å². The van der Waals surface area contributed by atoms with Gasteiger partial charge < -0.3 is 4.74 Å². The highest BCUT2D eigenvalue weighted by Gasteiger charge is 2.13. The van der Waals surface area contributed by atoms with Gasteiger partial charge in [0.25, 0.3) is 0 Å². The predicted molar refractivity (Wildman–Crippen MR) is 66.2 cm³/mol. The Hall–Kier alpha value is -0.400. The summed E-state index contributed by atoms with van der Waals surface area (Å²) in [5.41, 5.74) is 1.12. The molecule has 2 atom stereocenters. The van der Waals surface area contributed by atoms with Gasteiger partial charge in [0.05, 0.1) is 7.11 Å². The second-order valence-electron chi connectivity index (χ2n) is 3.82.